The van der Waals surface area contributed by atoms with Gasteiger partial charge in [0, 0.05) is 25.2 Å². The number of hydrogen-bond acceptors (Lipinski definition) is 10. The van der Waals surface area contributed by atoms with Crippen LogP contribution in [-0.2, 0) is 21.6 Å². The Hall–Kier alpha value is -6.84. The first-order chi connectivity index (χ1) is 32.1. The number of nitriles is 1. The molecule has 66 heavy (non-hydrogen) atoms. The molecule has 1 N–H and O–H groups in total. The Labute approximate surface area is 387 Å². The van der Waals surface area contributed by atoms with Crippen molar-refractivity contribution in [3.05, 3.63) is 166 Å². The van der Waals surface area contributed by atoms with E-state index < -0.39 is 11.7 Å². The number of rotatable bonds is 21. The zero-order chi connectivity index (χ0) is 46.6. The Bertz CT molecular complexity index is 2680. The second kappa shape index (κ2) is 21.9. The fourth-order valence-corrected chi connectivity index (χ4v) is 9.92. The van der Waals surface area contributed by atoms with E-state index in [-0.39, 0.29) is 64.6 Å². The van der Waals surface area contributed by atoms with Crippen molar-refractivity contribution < 1.29 is 28.5 Å². The van der Waals surface area contributed by atoms with Gasteiger partial charge in [-0.2, -0.15) is 5.26 Å². The quantitative estimate of drug-likeness (QED) is 0.0690. The van der Waals surface area contributed by atoms with E-state index in [0.29, 0.717) is 40.6 Å². The molecule has 0 aliphatic rings. The smallest absolute Gasteiger partial charge is 0.258 e. The summed E-state index contributed by atoms with van der Waals surface area (Å²) in [5, 5.41) is 13.5. The maximum atomic E-state index is 14.8. The van der Waals surface area contributed by atoms with Crippen LogP contribution in [0.3, 0.4) is 0 Å². The molecule has 14 heteroatoms. The molecule has 0 aliphatic carbocycles. The summed E-state index contributed by atoms with van der Waals surface area (Å²) < 4.78 is 27.2. The number of nitrogens with zero attached hydrogens (tertiary/aromatic N) is 6. The third kappa shape index (κ3) is 10.5. The summed E-state index contributed by atoms with van der Waals surface area (Å²) in [5.41, 5.74) is 5.14. The highest BCUT2D eigenvalue weighted by atomic mass is 31.0. The molecule has 3 aromatic heterocycles. The monoisotopic (exact) mass is 905 g/mol. The van der Waals surface area contributed by atoms with Gasteiger partial charge in [0.2, 0.25) is 0 Å². The number of imidazole rings is 1. The van der Waals surface area contributed by atoms with Crippen LogP contribution in [0, 0.1) is 11.3 Å². The molecule has 0 spiro atoms. The predicted molar refractivity (Wildman–Crippen MR) is 258 cm³/mol. The van der Waals surface area contributed by atoms with Gasteiger partial charge in [-0.1, -0.05) is 100 Å². The van der Waals surface area contributed by atoms with E-state index in [1.807, 2.05) is 89.5 Å². The minimum Gasteiger partial charge on any atom is -0.497 e. The normalized spacial score (nSPS) is 12.1. The van der Waals surface area contributed by atoms with Crippen molar-refractivity contribution in [1.82, 2.24) is 24.4 Å². The lowest BCUT2D eigenvalue weighted by Gasteiger charge is -2.38. The summed E-state index contributed by atoms with van der Waals surface area (Å²) in [6.07, 6.45) is 2.50. The van der Waals surface area contributed by atoms with Crippen molar-refractivity contribution in [3.63, 3.8) is 0 Å². The number of amides is 2. The van der Waals surface area contributed by atoms with Crippen molar-refractivity contribution in [1.29, 1.82) is 5.26 Å². The largest absolute Gasteiger partial charge is 0.497 e. The van der Waals surface area contributed by atoms with Gasteiger partial charge in [0.15, 0.2) is 17.0 Å². The van der Waals surface area contributed by atoms with E-state index in [4.69, 9.17) is 18.9 Å². The molecule has 0 aliphatic heterocycles. The molecule has 0 fully saturated rings. The number of fused-ring (bicyclic) bond motifs is 1. The lowest BCUT2D eigenvalue weighted by molar-refractivity contribution is -0.0728. The van der Waals surface area contributed by atoms with Crippen molar-refractivity contribution in [3.8, 4) is 17.6 Å². The maximum absolute atomic E-state index is 14.8. The van der Waals surface area contributed by atoms with Crippen LogP contribution in [0.5, 0.6) is 11.5 Å². The van der Waals surface area contributed by atoms with Crippen LogP contribution < -0.4 is 14.8 Å². The molecular formula is C52H56N7O6P. The first-order valence-corrected chi connectivity index (χ1v) is 23.1. The third-order valence-corrected chi connectivity index (χ3v) is 12.8. The maximum Gasteiger partial charge on any atom is 0.258 e. The number of benzene rings is 4. The summed E-state index contributed by atoms with van der Waals surface area (Å²) >= 11 is 0. The number of nitrogens with one attached hydrogen (secondary N) is 1. The lowest BCUT2D eigenvalue weighted by atomic mass is 9.80. The van der Waals surface area contributed by atoms with Gasteiger partial charge in [-0.3, -0.25) is 9.59 Å². The summed E-state index contributed by atoms with van der Waals surface area (Å²) in [5.74, 6) is 3.87. The zero-order valence-corrected chi connectivity index (χ0v) is 39.2. The van der Waals surface area contributed by atoms with Crippen LogP contribution >= 0.6 is 8.19 Å². The number of methoxy groups -OCH3 is 2. The van der Waals surface area contributed by atoms with Crippen LogP contribution in [0.15, 0.2) is 128 Å². The average molecular weight is 906 g/mol. The lowest BCUT2D eigenvalue weighted by Crippen LogP contribution is -2.43. The molecule has 0 saturated heterocycles. The molecule has 0 saturated carbocycles. The van der Waals surface area contributed by atoms with E-state index >= 15 is 0 Å². The topological polar surface area (TPSA) is 154 Å². The molecule has 2 amide bonds. The Morgan fingerprint density at radius 3 is 2.03 bits per heavy atom. The van der Waals surface area contributed by atoms with Crippen molar-refractivity contribution >= 4 is 37.0 Å². The SMILES string of the molecule is COc1ccc(C(OC[C@@H](CN(CCC#N)C(=O)c2[pH]cc(C(C)C)c2C(C)C)OCCn2cnc3c(NC(=O)c4ccccc4)ncnc32)(c2ccccc2)c2ccc(OC)cc2)cc1. The molecule has 340 valence electrons. The predicted octanol–water partition coefficient (Wildman–Crippen LogP) is 9.82. The highest BCUT2D eigenvalue weighted by Gasteiger charge is 2.39. The third-order valence-electron chi connectivity index (χ3n) is 11.6. The van der Waals surface area contributed by atoms with Gasteiger partial charge in [-0.15, -0.1) is 8.19 Å². The molecule has 7 rings (SSSR count). The first-order valence-electron chi connectivity index (χ1n) is 22.1. The van der Waals surface area contributed by atoms with Crippen molar-refractivity contribution in [2.75, 3.05) is 45.8 Å². The molecule has 1 unspecified atom stereocenters. The number of carbonyl (C=O) groups excluding carboxylic acids is 2. The molecule has 2 atom stereocenters. The van der Waals surface area contributed by atoms with Crippen LogP contribution in [0.25, 0.3) is 11.2 Å². The van der Waals surface area contributed by atoms with Crippen LogP contribution in [0.1, 0.15) is 94.2 Å². The molecule has 3 heterocycles. The van der Waals surface area contributed by atoms with Crippen LogP contribution in [-0.4, -0.2) is 82.9 Å². The van der Waals surface area contributed by atoms with E-state index in [1.54, 1.807) is 49.7 Å². The molecule has 0 bridgehead atoms. The first kappa shape index (κ1) is 47.1. The molecule has 13 nitrogen and oxygen atoms in total. The molecule has 0 radical (unpaired) electrons. The van der Waals surface area contributed by atoms with Gasteiger partial charge in [-0.25, -0.2) is 15.0 Å². The van der Waals surface area contributed by atoms with Gasteiger partial charge in [0.1, 0.15) is 23.4 Å². The van der Waals surface area contributed by atoms with E-state index in [2.05, 4.69) is 59.8 Å². The Kier molecular flexibility index (Phi) is 15.6. The Morgan fingerprint density at radius 2 is 1.44 bits per heavy atom. The average Bonchev–Trinajstić information content (AvgIpc) is 4.00. The highest BCUT2D eigenvalue weighted by molar-refractivity contribution is 7.32. The minimum atomic E-state index is -1.16. The second-order valence-electron chi connectivity index (χ2n) is 16.5. The zero-order valence-electron chi connectivity index (χ0n) is 38.2. The van der Waals surface area contributed by atoms with Gasteiger partial charge in [0.25, 0.3) is 11.8 Å². The number of hydrogen-bond donors (Lipinski definition) is 1. The van der Waals surface area contributed by atoms with E-state index in [1.165, 1.54) is 11.9 Å². The standard InChI is InChI=1S/C52H56N7O6P/c1-35(2)44-32-66-47(45(44)36(3)4)51(61)58(27-13-26-53)30-43(64-29-28-59-34-56-46-48(54-33-55-49(46)59)57-50(60)37-14-9-7-10-15-37)31-65-52(38-16-11-8-12-17-38,39-18-22-41(62-5)23-19-39)40-20-24-42(63-6)25-21-40/h7-12,14-25,32-36,43,66H,13,27-31H2,1-6H3,(H,54,55,57,60)/t43-/m1/s1. The molecular weight excluding hydrogens is 850 g/mol. The van der Waals surface area contributed by atoms with Crippen molar-refractivity contribution in [2.24, 2.45) is 0 Å². The summed E-state index contributed by atoms with van der Waals surface area (Å²) in [6.45, 7) is 9.47. The van der Waals surface area contributed by atoms with Crippen LogP contribution in [0.2, 0.25) is 0 Å². The van der Waals surface area contributed by atoms with Gasteiger partial charge in [-0.05, 0) is 81.8 Å². The van der Waals surface area contributed by atoms with E-state index in [0.717, 1.165) is 27.5 Å². The molecule has 4 aromatic carbocycles. The summed E-state index contributed by atoms with van der Waals surface area (Å²) in [6, 6.07) is 36.8. The van der Waals surface area contributed by atoms with Gasteiger partial charge in [0.05, 0.1) is 57.6 Å². The second-order valence-corrected chi connectivity index (χ2v) is 17.5. The summed E-state index contributed by atoms with van der Waals surface area (Å²) in [7, 11) is 3.49. The fourth-order valence-electron chi connectivity index (χ4n) is 8.26. The number of ether oxygens (including phenoxy) is 4. The van der Waals surface area contributed by atoms with Gasteiger partial charge >= 0.3 is 0 Å². The van der Waals surface area contributed by atoms with Crippen molar-refractivity contribution in [2.45, 2.75) is 64.2 Å². The number of carbonyl (C=O) groups is 2. The fraction of sp³-hybridized carbons (Fsp3) is 0.308. The minimum absolute atomic E-state index is 0.0413. The Balaban J connectivity index is 1.25. The molecule has 7 aromatic rings. The Morgan fingerprint density at radius 1 is 0.818 bits per heavy atom. The highest BCUT2D eigenvalue weighted by Crippen LogP contribution is 2.42. The van der Waals surface area contributed by atoms with Crippen LogP contribution in [0.4, 0.5) is 5.82 Å². The number of anilines is 1. The summed E-state index contributed by atoms with van der Waals surface area (Å²) in [4.78, 5) is 43.0. The van der Waals surface area contributed by atoms with E-state index in [9.17, 15) is 14.9 Å². The van der Waals surface area contributed by atoms with Gasteiger partial charge < -0.3 is 33.7 Å². The number of aromatic nitrogens is 4.